The van der Waals surface area contributed by atoms with Gasteiger partial charge in [0, 0.05) is 15.5 Å². The number of nitrogens with one attached hydrogen (secondary N) is 1. The van der Waals surface area contributed by atoms with Gasteiger partial charge in [0.2, 0.25) is 5.95 Å². The molecule has 0 radical (unpaired) electrons. The summed E-state index contributed by atoms with van der Waals surface area (Å²) in [5, 5.41) is 4.92. The number of nitrogens with zero attached hydrogens (tertiary/aromatic N) is 3. The monoisotopic (exact) mass is 442 g/mol. The van der Waals surface area contributed by atoms with Gasteiger partial charge in [-0.25, -0.2) is 15.0 Å². The summed E-state index contributed by atoms with van der Waals surface area (Å²) >= 11 is 9.97. The average molecular weight is 443 g/mol. The largest absolute Gasteiger partial charge is 0.324 e. The predicted molar refractivity (Wildman–Crippen MR) is 100 cm³/mol. The Morgan fingerprint density at radius 1 is 1.18 bits per heavy atom. The van der Waals surface area contributed by atoms with E-state index in [1.807, 2.05) is 38.1 Å². The molecule has 0 atom stereocenters. The second kappa shape index (κ2) is 6.47. The highest BCUT2D eigenvalue weighted by molar-refractivity contribution is 14.1. The van der Waals surface area contributed by atoms with E-state index in [4.69, 9.17) is 11.6 Å². The normalized spacial score (nSPS) is 10.7. The van der Waals surface area contributed by atoms with Crippen LogP contribution >= 0.6 is 45.5 Å². The van der Waals surface area contributed by atoms with Crippen molar-refractivity contribution >= 4 is 57.2 Å². The topological polar surface area (TPSA) is 50.7 Å². The molecule has 112 valence electrons. The highest BCUT2D eigenvalue weighted by atomic mass is 127. The van der Waals surface area contributed by atoms with Gasteiger partial charge in [0.05, 0.1) is 26.3 Å². The number of thiazole rings is 1. The van der Waals surface area contributed by atoms with Crippen molar-refractivity contribution in [3.63, 3.8) is 0 Å². The van der Waals surface area contributed by atoms with E-state index in [1.54, 1.807) is 17.5 Å². The van der Waals surface area contributed by atoms with Crippen LogP contribution in [-0.4, -0.2) is 15.0 Å². The van der Waals surface area contributed by atoms with Crippen LogP contribution in [0.1, 0.15) is 10.7 Å². The molecule has 0 aliphatic rings. The van der Waals surface area contributed by atoms with Crippen LogP contribution < -0.4 is 5.32 Å². The fraction of sp³-hybridized carbons (Fsp3) is 0.133. The summed E-state index contributed by atoms with van der Waals surface area (Å²) in [6.07, 6.45) is 1.74. The van der Waals surface area contributed by atoms with Gasteiger partial charge in [-0.05, 0) is 60.7 Å². The summed E-state index contributed by atoms with van der Waals surface area (Å²) < 4.78 is 1.01. The molecule has 22 heavy (non-hydrogen) atoms. The minimum absolute atomic E-state index is 0.542. The van der Waals surface area contributed by atoms with Crippen LogP contribution in [0, 0.1) is 17.4 Å². The summed E-state index contributed by atoms with van der Waals surface area (Å²) in [7, 11) is 0. The number of aryl methyl sites for hydroxylation is 2. The van der Waals surface area contributed by atoms with Gasteiger partial charge in [0.25, 0.3) is 0 Å². The maximum atomic E-state index is 6.14. The zero-order valence-electron chi connectivity index (χ0n) is 11.9. The molecule has 0 bridgehead atoms. The molecular formula is C15H12ClIN4S. The molecule has 1 aromatic carbocycles. The number of halogens is 2. The fourth-order valence-electron chi connectivity index (χ4n) is 2.02. The maximum Gasteiger partial charge on any atom is 0.227 e. The van der Waals surface area contributed by atoms with Crippen molar-refractivity contribution in [3.05, 3.63) is 49.8 Å². The predicted octanol–water partition coefficient (Wildman–Crippen LogP) is 5.22. The molecule has 4 nitrogen and oxygen atoms in total. The molecule has 0 spiro atoms. The van der Waals surface area contributed by atoms with Crippen molar-refractivity contribution in [2.45, 2.75) is 13.8 Å². The molecule has 1 N–H and O–H groups in total. The Bertz CT molecular complexity index is 834. The minimum atomic E-state index is 0.542. The van der Waals surface area contributed by atoms with Crippen molar-refractivity contribution < 1.29 is 0 Å². The van der Waals surface area contributed by atoms with Crippen molar-refractivity contribution in [2.24, 2.45) is 0 Å². The molecule has 0 amide bonds. The number of rotatable bonds is 3. The Balaban J connectivity index is 1.91. The first kappa shape index (κ1) is 15.6. The van der Waals surface area contributed by atoms with E-state index < -0.39 is 0 Å². The summed E-state index contributed by atoms with van der Waals surface area (Å²) in [6, 6.07) is 7.66. The van der Waals surface area contributed by atoms with E-state index >= 15 is 0 Å². The van der Waals surface area contributed by atoms with Crippen LogP contribution in [0.3, 0.4) is 0 Å². The van der Waals surface area contributed by atoms with E-state index in [0.717, 1.165) is 30.5 Å². The molecule has 3 rings (SSSR count). The summed E-state index contributed by atoms with van der Waals surface area (Å²) in [5.74, 6) is 0.542. The van der Waals surface area contributed by atoms with Crippen molar-refractivity contribution in [1.29, 1.82) is 0 Å². The summed E-state index contributed by atoms with van der Waals surface area (Å²) in [4.78, 5) is 14.3. The molecule has 0 fully saturated rings. The molecule has 0 saturated heterocycles. The highest BCUT2D eigenvalue weighted by Gasteiger charge is 2.10. The molecule has 2 heterocycles. The van der Waals surface area contributed by atoms with Crippen LogP contribution in [0.2, 0.25) is 5.02 Å². The first-order chi connectivity index (χ1) is 10.5. The molecule has 3 aromatic rings. The van der Waals surface area contributed by atoms with Gasteiger partial charge in [0.1, 0.15) is 0 Å². The summed E-state index contributed by atoms with van der Waals surface area (Å²) in [5.41, 5.74) is 2.72. The third-order valence-electron chi connectivity index (χ3n) is 2.97. The van der Waals surface area contributed by atoms with E-state index in [1.165, 1.54) is 0 Å². The van der Waals surface area contributed by atoms with Crippen LogP contribution in [0.5, 0.6) is 0 Å². The van der Waals surface area contributed by atoms with E-state index in [9.17, 15) is 0 Å². The van der Waals surface area contributed by atoms with Crippen molar-refractivity contribution in [3.8, 4) is 10.6 Å². The zero-order valence-corrected chi connectivity index (χ0v) is 15.6. The van der Waals surface area contributed by atoms with Crippen LogP contribution in [0.25, 0.3) is 10.6 Å². The van der Waals surface area contributed by atoms with Gasteiger partial charge in [-0.2, -0.15) is 0 Å². The Morgan fingerprint density at radius 3 is 2.68 bits per heavy atom. The number of hydrogen-bond acceptors (Lipinski definition) is 5. The lowest BCUT2D eigenvalue weighted by Gasteiger charge is -2.07. The number of aromatic nitrogens is 3. The van der Waals surface area contributed by atoms with Gasteiger partial charge in [0.15, 0.2) is 0 Å². The van der Waals surface area contributed by atoms with Crippen LogP contribution in [0.15, 0.2) is 30.5 Å². The Morgan fingerprint density at radius 2 is 2.00 bits per heavy atom. The second-order valence-corrected chi connectivity index (χ2v) is 7.44. The van der Waals surface area contributed by atoms with Gasteiger partial charge < -0.3 is 5.32 Å². The average Bonchev–Trinajstić information content (AvgIpc) is 2.82. The number of benzene rings is 1. The quantitative estimate of drug-likeness (QED) is 0.565. The first-order valence-corrected chi connectivity index (χ1v) is 8.80. The zero-order chi connectivity index (χ0) is 15.7. The lowest BCUT2D eigenvalue weighted by molar-refractivity contribution is 1.16. The van der Waals surface area contributed by atoms with Gasteiger partial charge in [-0.15, -0.1) is 11.3 Å². The number of anilines is 2. The lowest BCUT2D eigenvalue weighted by atomic mass is 10.3. The molecule has 0 saturated carbocycles. The molecule has 2 aromatic heterocycles. The molecule has 0 unspecified atom stereocenters. The highest BCUT2D eigenvalue weighted by Crippen LogP contribution is 2.29. The van der Waals surface area contributed by atoms with Crippen molar-refractivity contribution in [2.75, 3.05) is 5.32 Å². The van der Waals surface area contributed by atoms with Gasteiger partial charge in [-0.1, -0.05) is 11.6 Å². The molecule has 0 aliphatic heterocycles. The SMILES string of the molecule is Cc1nc(C)c(-c2ccnc(Nc3ccc(I)c(Cl)c3)n2)s1. The van der Waals surface area contributed by atoms with E-state index in [-0.39, 0.29) is 0 Å². The molecule has 0 aliphatic carbocycles. The third kappa shape index (κ3) is 3.39. The minimum Gasteiger partial charge on any atom is -0.324 e. The molecule has 7 heteroatoms. The van der Waals surface area contributed by atoms with Crippen LogP contribution in [-0.2, 0) is 0 Å². The third-order valence-corrected chi connectivity index (χ3v) is 5.64. The van der Waals surface area contributed by atoms with E-state index in [2.05, 4.69) is 42.9 Å². The standard InChI is InChI=1S/C15H12ClIN4S/c1-8-14(22-9(2)19-8)13-5-6-18-15(21-13)20-10-3-4-12(17)11(16)7-10/h3-7H,1-2H3,(H,18,20,21). The smallest absolute Gasteiger partial charge is 0.227 e. The van der Waals surface area contributed by atoms with Gasteiger partial charge >= 0.3 is 0 Å². The van der Waals surface area contributed by atoms with Crippen LogP contribution in [0.4, 0.5) is 11.6 Å². The lowest BCUT2D eigenvalue weighted by Crippen LogP contribution is -1.98. The Kier molecular flexibility index (Phi) is 4.60. The Hall–Kier alpha value is -1.25. The fourth-order valence-corrected chi connectivity index (χ4v) is 3.42. The van der Waals surface area contributed by atoms with Crippen molar-refractivity contribution in [1.82, 2.24) is 15.0 Å². The second-order valence-electron chi connectivity index (χ2n) is 4.67. The maximum absolute atomic E-state index is 6.14. The molecular weight excluding hydrogens is 431 g/mol. The Labute approximate surface area is 151 Å². The van der Waals surface area contributed by atoms with Gasteiger partial charge in [-0.3, -0.25) is 0 Å². The number of hydrogen-bond donors (Lipinski definition) is 1. The van der Waals surface area contributed by atoms with E-state index in [0.29, 0.717) is 11.0 Å². The first-order valence-electron chi connectivity index (χ1n) is 6.52. The summed E-state index contributed by atoms with van der Waals surface area (Å²) in [6.45, 7) is 3.99.